The highest BCUT2D eigenvalue weighted by molar-refractivity contribution is 14.1. The SMILES string of the molecule is C=Cc1ccc(C(=O)C=Cc2cccc(I)c2)cc1. The van der Waals surface area contributed by atoms with Crippen LogP contribution in [-0.4, -0.2) is 5.78 Å². The summed E-state index contributed by atoms with van der Waals surface area (Å²) in [6.45, 7) is 3.69. The van der Waals surface area contributed by atoms with Gasteiger partial charge in [-0.2, -0.15) is 0 Å². The molecular weight excluding hydrogens is 347 g/mol. The molecule has 0 unspecified atom stereocenters. The number of halogens is 1. The third kappa shape index (κ3) is 3.89. The minimum absolute atomic E-state index is 0.00877. The molecule has 1 nitrogen and oxygen atoms in total. The first-order chi connectivity index (χ1) is 9.19. The van der Waals surface area contributed by atoms with Crippen LogP contribution in [0.5, 0.6) is 0 Å². The molecule has 0 amide bonds. The molecule has 19 heavy (non-hydrogen) atoms. The summed E-state index contributed by atoms with van der Waals surface area (Å²) >= 11 is 2.25. The second-order valence-corrected chi connectivity index (χ2v) is 5.32. The number of ketones is 1. The molecule has 0 heterocycles. The van der Waals surface area contributed by atoms with Crippen molar-refractivity contribution in [1.82, 2.24) is 0 Å². The van der Waals surface area contributed by atoms with E-state index in [1.807, 2.05) is 54.6 Å². The van der Waals surface area contributed by atoms with E-state index in [9.17, 15) is 4.79 Å². The molecule has 0 saturated carbocycles. The van der Waals surface area contributed by atoms with Gasteiger partial charge in [-0.1, -0.05) is 55.1 Å². The molecule has 0 aliphatic heterocycles. The molecule has 2 heteroatoms. The standard InChI is InChI=1S/C17H13IO/c1-2-13-6-9-15(10-7-13)17(19)11-8-14-4-3-5-16(18)12-14/h2-12H,1H2. The van der Waals surface area contributed by atoms with Crippen molar-refractivity contribution in [3.63, 3.8) is 0 Å². The topological polar surface area (TPSA) is 17.1 Å². The molecule has 0 spiro atoms. The number of rotatable bonds is 4. The molecule has 0 radical (unpaired) electrons. The summed E-state index contributed by atoms with van der Waals surface area (Å²) in [7, 11) is 0. The first-order valence-corrected chi connectivity index (χ1v) is 6.97. The highest BCUT2D eigenvalue weighted by atomic mass is 127. The van der Waals surface area contributed by atoms with Crippen LogP contribution in [0.2, 0.25) is 0 Å². The Morgan fingerprint density at radius 1 is 1.05 bits per heavy atom. The lowest BCUT2D eigenvalue weighted by atomic mass is 10.1. The van der Waals surface area contributed by atoms with E-state index in [2.05, 4.69) is 29.2 Å². The van der Waals surface area contributed by atoms with Gasteiger partial charge in [0.25, 0.3) is 0 Å². The third-order valence-electron chi connectivity index (χ3n) is 2.71. The van der Waals surface area contributed by atoms with Crippen LogP contribution in [0, 0.1) is 3.57 Å². The lowest BCUT2D eigenvalue weighted by molar-refractivity contribution is 0.104. The molecule has 2 aromatic rings. The zero-order valence-electron chi connectivity index (χ0n) is 10.3. The van der Waals surface area contributed by atoms with Gasteiger partial charge in [0.05, 0.1) is 0 Å². The van der Waals surface area contributed by atoms with Crippen LogP contribution in [0.1, 0.15) is 21.5 Å². The third-order valence-corrected chi connectivity index (χ3v) is 3.38. The molecule has 0 N–H and O–H groups in total. The van der Waals surface area contributed by atoms with Gasteiger partial charge in [0.2, 0.25) is 0 Å². The fourth-order valence-corrected chi connectivity index (χ4v) is 2.23. The Bertz CT molecular complexity index is 624. The van der Waals surface area contributed by atoms with E-state index in [1.165, 1.54) is 0 Å². The largest absolute Gasteiger partial charge is 0.289 e. The Kier molecular flexibility index (Phi) is 4.68. The Labute approximate surface area is 126 Å². The van der Waals surface area contributed by atoms with Crippen LogP contribution in [0.25, 0.3) is 12.2 Å². The minimum atomic E-state index is 0.00877. The predicted molar refractivity (Wildman–Crippen MR) is 89.1 cm³/mol. The van der Waals surface area contributed by atoms with Crippen LogP contribution in [0.15, 0.2) is 61.2 Å². The molecule has 0 saturated heterocycles. The van der Waals surface area contributed by atoms with Gasteiger partial charge in [-0.05, 0) is 51.9 Å². The zero-order valence-corrected chi connectivity index (χ0v) is 12.5. The molecule has 0 bridgehead atoms. The second kappa shape index (κ2) is 6.48. The smallest absolute Gasteiger partial charge is 0.185 e. The van der Waals surface area contributed by atoms with Crippen LogP contribution in [0.4, 0.5) is 0 Å². The quantitative estimate of drug-likeness (QED) is 0.434. The summed E-state index contributed by atoms with van der Waals surface area (Å²) in [6, 6.07) is 15.4. The van der Waals surface area contributed by atoms with E-state index in [1.54, 1.807) is 12.2 Å². The maximum Gasteiger partial charge on any atom is 0.185 e. The van der Waals surface area contributed by atoms with Crippen molar-refractivity contribution in [3.05, 3.63) is 81.4 Å². The lowest BCUT2D eigenvalue weighted by Gasteiger charge is -1.98. The fraction of sp³-hybridized carbons (Fsp3) is 0. The van der Waals surface area contributed by atoms with Crippen molar-refractivity contribution in [2.24, 2.45) is 0 Å². The van der Waals surface area contributed by atoms with Gasteiger partial charge in [-0.25, -0.2) is 0 Å². The summed E-state index contributed by atoms with van der Waals surface area (Å²) in [5.41, 5.74) is 2.73. The van der Waals surface area contributed by atoms with E-state index in [4.69, 9.17) is 0 Å². The Morgan fingerprint density at radius 3 is 2.42 bits per heavy atom. The second-order valence-electron chi connectivity index (χ2n) is 4.08. The van der Waals surface area contributed by atoms with E-state index < -0.39 is 0 Å². The summed E-state index contributed by atoms with van der Waals surface area (Å²) in [5, 5.41) is 0. The molecule has 0 aliphatic rings. The van der Waals surface area contributed by atoms with Gasteiger partial charge >= 0.3 is 0 Å². The predicted octanol–water partition coefficient (Wildman–Crippen LogP) is 4.83. The van der Waals surface area contributed by atoms with Gasteiger partial charge in [0.15, 0.2) is 5.78 Å². The Balaban J connectivity index is 2.13. The average molecular weight is 360 g/mol. The van der Waals surface area contributed by atoms with Crippen molar-refractivity contribution >= 4 is 40.5 Å². The Hall–Kier alpha value is -1.68. The number of benzene rings is 2. The lowest BCUT2D eigenvalue weighted by Crippen LogP contribution is -1.93. The summed E-state index contributed by atoms with van der Waals surface area (Å²) < 4.78 is 1.16. The summed E-state index contributed by atoms with van der Waals surface area (Å²) in [6.07, 6.45) is 5.20. The molecule has 0 atom stereocenters. The fourth-order valence-electron chi connectivity index (χ4n) is 1.66. The van der Waals surface area contributed by atoms with Crippen LogP contribution in [-0.2, 0) is 0 Å². The first-order valence-electron chi connectivity index (χ1n) is 5.89. The van der Waals surface area contributed by atoms with Crippen LogP contribution < -0.4 is 0 Å². The first kappa shape index (κ1) is 13.7. The summed E-state index contributed by atoms with van der Waals surface area (Å²) in [5.74, 6) is 0.00877. The normalized spacial score (nSPS) is 10.6. The number of hydrogen-bond donors (Lipinski definition) is 0. The molecule has 94 valence electrons. The number of hydrogen-bond acceptors (Lipinski definition) is 1. The molecule has 0 aromatic heterocycles. The molecule has 0 fully saturated rings. The van der Waals surface area contributed by atoms with Gasteiger partial charge in [-0.15, -0.1) is 0 Å². The van der Waals surface area contributed by atoms with Crippen molar-refractivity contribution < 1.29 is 4.79 Å². The van der Waals surface area contributed by atoms with E-state index in [0.29, 0.717) is 5.56 Å². The van der Waals surface area contributed by atoms with Crippen molar-refractivity contribution in [3.8, 4) is 0 Å². The monoisotopic (exact) mass is 360 g/mol. The Morgan fingerprint density at radius 2 is 1.79 bits per heavy atom. The van der Waals surface area contributed by atoms with Crippen molar-refractivity contribution in [2.45, 2.75) is 0 Å². The van der Waals surface area contributed by atoms with Crippen LogP contribution in [0.3, 0.4) is 0 Å². The summed E-state index contributed by atoms with van der Waals surface area (Å²) in [4.78, 5) is 12.0. The van der Waals surface area contributed by atoms with E-state index in [-0.39, 0.29) is 5.78 Å². The van der Waals surface area contributed by atoms with Gasteiger partial charge < -0.3 is 0 Å². The minimum Gasteiger partial charge on any atom is -0.289 e. The van der Waals surface area contributed by atoms with Gasteiger partial charge in [0, 0.05) is 9.13 Å². The number of carbonyl (C=O) groups excluding carboxylic acids is 1. The van der Waals surface area contributed by atoms with Crippen LogP contribution >= 0.6 is 22.6 Å². The highest BCUT2D eigenvalue weighted by Crippen LogP contribution is 2.11. The average Bonchev–Trinajstić information content (AvgIpc) is 2.45. The van der Waals surface area contributed by atoms with E-state index in [0.717, 1.165) is 14.7 Å². The molecule has 2 rings (SSSR count). The number of allylic oxidation sites excluding steroid dienone is 1. The molecule has 2 aromatic carbocycles. The maximum absolute atomic E-state index is 12.0. The molecule has 0 aliphatic carbocycles. The zero-order chi connectivity index (χ0) is 13.7. The number of carbonyl (C=O) groups is 1. The van der Waals surface area contributed by atoms with Gasteiger partial charge in [-0.3, -0.25) is 4.79 Å². The maximum atomic E-state index is 12.0. The molecular formula is C17H13IO. The highest BCUT2D eigenvalue weighted by Gasteiger charge is 2.00. The van der Waals surface area contributed by atoms with Crippen molar-refractivity contribution in [1.29, 1.82) is 0 Å². The van der Waals surface area contributed by atoms with Gasteiger partial charge in [0.1, 0.15) is 0 Å². The van der Waals surface area contributed by atoms with Crippen molar-refractivity contribution in [2.75, 3.05) is 0 Å². The van der Waals surface area contributed by atoms with E-state index >= 15 is 0 Å².